The largest absolute Gasteiger partial charge is 0.443 e. The molecule has 0 radical (unpaired) electrons. The van der Waals surface area contributed by atoms with E-state index >= 15 is 0 Å². The SMILES string of the molecule is CC(C)(C)OC(=O)N(CCCCCN)C(=S)Nc1ccccc1N. The number of nitrogens with zero attached hydrogens (tertiary/aromatic N) is 1. The third kappa shape index (κ3) is 7.14. The molecule has 0 fully saturated rings. The number of hydrogen-bond acceptors (Lipinski definition) is 5. The van der Waals surface area contributed by atoms with E-state index in [0.717, 1.165) is 19.3 Å². The Bertz CT molecular complexity index is 558. The zero-order valence-corrected chi connectivity index (χ0v) is 15.5. The molecule has 1 aromatic carbocycles. The summed E-state index contributed by atoms with van der Waals surface area (Å²) in [6.45, 7) is 6.57. The quantitative estimate of drug-likeness (QED) is 0.413. The van der Waals surface area contributed by atoms with Crippen molar-refractivity contribution >= 4 is 34.8 Å². The zero-order chi connectivity index (χ0) is 18.2. The van der Waals surface area contributed by atoms with Crippen LogP contribution < -0.4 is 16.8 Å². The Labute approximate surface area is 149 Å². The Balaban J connectivity index is 2.80. The number of carbonyl (C=O) groups is 1. The van der Waals surface area contributed by atoms with Crippen LogP contribution in [0.15, 0.2) is 24.3 Å². The molecular weight excluding hydrogens is 324 g/mol. The molecule has 0 spiro atoms. The van der Waals surface area contributed by atoms with Crippen LogP contribution in [-0.4, -0.2) is 34.8 Å². The summed E-state index contributed by atoms with van der Waals surface area (Å²) in [5, 5.41) is 3.30. The molecule has 5 N–H and O–H groups in total. The Morgan fingerprint density at radius 2 is 1.92 bits per heavy atom. The number of anilines is 2. The smallest absolute Gasteiger partial charge is 0.416 e. The predicted molar refractivity (Wildman–Crippen MR) is 103 cm³/mol. The standard InChI is InChI=1S/C17H28N4O2S/c1-17(2,3)23-16(22)21(12-8-4-7-11-18)15(24)20-14-10-6-5-9-13(14)19/h5-6,9-10H,4,7-8,11-12,18-19H2,1-3H3,(H,20,24). The number of nitrogen functional groups attached to an aromatic ring is 1. The maximum Gasteiger partial charge on any atom is 0.416 e. The van der Waals surface area contributed by atoms with E-state index in [2.05, 4.69) is 5.32 Å². The zero-order valence-electron chi connectivity index (χ0n) is 14.7. The lowest BCUT2D eigenvalue weighted by Gasteiger charge is -2.28. The molecule has 0 bridgehead atoms. The van der Waals surface area contributed by atoms with E-state index in [4.69, 9.17) is 28.4 Å². The number of thiocarbonyl (C=S) groups is 1. The molecule has 0 heterocycles. The first-order valence-corrected chi connectivity index (χ1v) is 8.51. The summed E-state index contributed by atoms with van der Waals surface area (Å²) in [4.78, 5) is 13.9. The summed E-state index contributed by atoms with van der Waals surface area (Å²) in [5.74, 6) is 0. The van der Waals surface area contributed by atoms with E-state index in [1.165, 1.54) is 4.90 Å². The van der Waals surface area contributed by atoms with Gasteiger partial charge in [0.1, 0.15) is 5.60 Å². The molecular formula is C17H28N4O2S. The van der Waals surface area contributed by atoms with Gasteiger partial charge in [-0.25, -0.2) is 4.79 Å². The van der Waals surface area contributed by atoms with E-state index in [1.807, 2.05) is 39.0 Å². The maximum atomic E-state index is 12.5. The number of hydrogen-bond donors (Lipinski definition) is 3. The van der Waals surface area contributed by atoms with Crippen molar-refractivity contribution in [2.24, 2.45) is 5.73 Å². The van der Waals surface area contributed by atoms with Gasteiger partial charge in [-0.3, -0.25) is 4.90 Å². The lowest BCUT2D eigenvalue weighted by atomic mass is 10.2. The number of carbonyl (C=O) groups excluding carboxylic acids is 1. The number of para-hydroxylation sites is 2. The van der Waals surface area contributed by atoms with Crippen molar-refractivity contribution in [1.29, 1.82) is 0 Å². The van der Waals surface area contributed by atoms with Crippen LogP contribution in [0.3, 0.4) is 0 Å². The molecule has 6 nitrogen and oxygen atoms in total. The fourth-order valence-electron chi connectivity index (χ4n) is 1.98. The number of unbranched alkanes of at least 4 members (excludes halogenated alkanes) is 2. The van der Waals surface area contributed by atoms with Crippen LogP contribution in [-0.2, 0) is 4.74 Å². The molecule has 134 valence electrons. The van der Waals surface area contributed by atoms with E-state index in [9.17, 15) is 4.79 Å². The highest BCUT2D eigenvalue weighted by molar-refractivity contribution is 7.80. The lowest BCUT2D eigenvalue weighted by Crippen LogP contribution is -2.43. The van der Waals surface area contributed by atoms with Crippen LogP contribution in [0.5, 0.6) is 0 Å². The molecule has 1 aromatic rings. The summed E-state index contributed by atoms with van der Waals surface area (Å²) in [5.41, 5.74) is 12.1. The van der Waals surface area contributed by atoms with Gasteiger partial charge in [-0.1, -0.05) is 18.6 Å². The number of nitrogens with two attached hydrogens (primary N) is 2. The molecule has 1 amide bonds. The van der Waals surface area contributed by atoms with Gasteiger partial charge in [-0.15, -0.1) is 0 Å². The first-order valence-electron chi connectivity index (χ1n) is 8.10. The summed E-state index contributed by atoms with van der Waals surface area (Å²) in [6.07, 6.45) is 2.16. The highest BCUT2D eigenvalue weighted by atomic mass is 32.1. The van der Waals surface area contributed by atoms with Crippen LogP contribution >= 0.6 is 12.2 Å². The van der Waals surface area contributed by atoms with Crippen LogP contribution in [0.2, 0.25) is 0 Å². The topological polar surface area (TPSA) is 93.6 Å². The monoisotopic (exact) mass is 352 g/mol. The van der Waals surface area contributed by atoms with Gasteiger partial charge in [-0.2, -0.15) is 0 Å². The third-order valence-electron chi connectivity index (χ3n) is 3.15. The van der Waals surface area contributed by atoms with Crippen LogP contribution in [0, 0.1) is 0 Å². The van der Waals surface area contributed by atoms with Crippen molar-refractivity contribution in [3.05, 3.63) is 24.3 Å². The first-order chi connectivity index (χ1) is 11.2. The van der Waals surface area contributed by atoms with Gasteiger partial charge >= 0.3 is 6.09 Å². The van der Waals surface area contributed by atoms with Gasteiger partial charge in [0.05, 0.1) is 11.4 Å². The third-order valence-corrected chi connectivity index (χ3v) is 3.47. The van der Waals surface area contributed by atoms with Crippen molar-refractivity contribution in [2.75, 3.05) is 24.1 Å². The Kier molecular flexibility index (Phi) is 7.94. The molecule has 0 atom stereocenters. The number of nitrogens with one attached hydrogen (secondary N) is 1. The summed E-state index contributed by atoms with van der Waals surface area (Å²) in [6, 6.07) is 7.26. The van der Waals surface area contributed by atoms with Crippen LogP contribution in [0.4, 0.5) is 16.2 Å². The average Bonchev–Trinajstić information content (AvgIpc) is 2.47. The van der Waals surface area contributed by atoms with E-state index < -0.39 is 11.7 Å². The summed E-state index contributed by atoms with van der Waals surface area (Å²) in [7, 11) is 0. The van der Waals surface area contributed by atoms with Crippen LogP contribution in [0.25, 0.3) is 0 Å². The van der Waals surface area contributed by atoms with Crippen molar-refractivity contribution < 1.29 is 9.53 Å². The number of ether oxygens (including phenoxy) is 1. The molecule has 0 aromatic heterocycles. The molecule has 0 aliphatic carbocycles. The lowest BCUT2D eigenvalue weighted by molar-refractivity contribution is 0.0371. The average molecular weight is 353 g/mol. The minimum absolute atomic E-state index is 0.273. The first kappa shape index (κ1) is 20.2. The summed E-state index contributed by atoms with van der Waals surface area (Å²) < 4.78 is 5.45. The fourth-order valence-corrected chi connectivity index (χ4v) is 2.25. The minimum Gasteiger partial charge on any atom is -0.443 e. The molecule has 0 aliphatic heterocycles. The van der Waals surface area contributed by atoms with Gasteiger partial charge in [0.15, 0.2) is 5.11 Å². The molecule has 1 rings (SSSR count). The second kappa shape index (κ2) is 9.44. The van der Waals surface area contributed by atoms with Gasteiger partial charge < -0.3 is 21.5 Å². The highest BCUT2D eigenvalue weighted by Crippen LogP contribution is 2.18. The van der Waals surface area contributed by atoms with Gasteiger partial charge in [0.25, 0.3) is 0 Å². The van der Waals surface area contributed by atoms with Gasteiger partial charge in [0.2, 0.25) is 0 Å². The number of rotatable bonds is 6. The molecule has 7 heteroatoms. The highest BCUT2D eigenvalue weighted by Gasteiger charge is 2.25. The van der Waals surface area contributed by atoms with Crippen LogP contribution in [0.1, 0.15) is 40.0 Å². The summed E-state index contributed by atoms with van der Waals surface area (Å²) >= 11 is 5.39. The molecule has 0 unspecified atom stereocenters. The van der Waals surface area contributed by atoms with E-state index in [1.54, 1.807) is 6.07 Å². The maximum absolute atomic E-state index is 12.5. The van der Waals surface area contributed by atoms with E-state index in [-0.39, 0.29) is 5.11 Å². The predicted octanol–water partition coefficient (Wildman–Crippen LogP) is 3.33. The number of benzene rings is 1. The second-order valence-electron chi connectivity index (χ2n) is 6.50. The Morgan fingerprint density at radius 1 is 1.25 bits per heavy atom. The minimum atomic E-state index is -0.589. The van der Waals surface area contributed by atoms with Crippen molar-refractivity contribution in [2.45, 2.75) is 45.6 Å². The van der Waals surface area contributed by atoms with Crippen molar-refractivity contribution in [1.82, 2.24) is 4.90 Å². The molecule has 0 saturated heterocycles. The second-order valence-corrected chi connectivity index (χ2v) is 6.89. The van der Waals surface area contributed by atoms with E-state index in [0.29, 0.717) is 24.5 Å². The number of amides is 1. The Morgan fingerprint density at radius 3 is 2.50 bits per heavy atom. The van der Waals surface area contributed by atoms with Crippen molar-refractivity contribution in [3.8, 4) is 0 Å². The molecule has 24 heavy (non-hydrogen) atoms. The molecule has 0 saturated carbocycles. The molecule has 0 aliphatic rings. The normalized spacial score (nSPS) is 11.0. The van der Waals surface area contributed by atoms with Gasteiger partial charge in [0, 0.05) is 6.54 Å². The Hall–Kier alpha value is -1.86. The fraction of sp³-hybridized carbons (Fsp3) is 0.529. The van der Waals surface area contributed by atoms with Crippen molar-refractivity contribution in [3.63, 3.8) is 0 Å². The van der Waals surface area contributed by atoms with Gasteiger partial charge in [-0.05, 0) is 64.5 Å².